The lowest BCUT2D eigenvalue weighted by Gasteiger charge is -2.21. The molecule has 16 heavy (non-hydrogen) atoms. The zero-order chi connectivity index (χ0) is 10.1. The molecule has 0 unspecified atom stereocenters. The molecule has 0 radical (unpaired) electrons. The smallest absolute Gasteiger partial charge is 0.0376 e. The van der Waals surface area contributed by atoms with E-state index in [0.717, 1.165) is 19.0 Å². The van der Waals surface area contributed by atoms with E-state index in [4.69, 9.17) is 0 Å². The molecule has 1 aliphatic rings. The van der Waals surface area contributed by atoms with Gasteiger partial charge in [-0.1, -0.05) is 0 Å². The molecule has 2 aromatic heterocycles. The number of nitrogens with zero attached hydrogens (tertiary/aromatic N) is 1. The van der Waals surface area contributed by atoms with Crippen molar-refractivity contribution in [3.8, 4) is 0 Å². The van der Waals surface area contributed by atoms with Crippen LogP contribution in [0.1, 0.15) is 23.6 Å². The maximum Gasteiger partial charge on any atom is 0.0376 e. The molecule has 2 nitrogen and oxygen atoms in total. The number of hydrogen-bond acceptors (Lipinski definition) is 3. The Labute approximate surface area is 105 Å². The molecule has 1 N–H and O–H groups in total. The predicted octanol–water partition coefficient (Wildman–Crippen LogP) is 3.19. The maximum atomic E-state index is 4.17. The summed E-state index contributed by atoms with van der Waals surface area (Å²) >= 11 is 1.94. The lowest BCUT2D eigenvalue weighted by molar-refractivity contribution is 0.465. The second-order valence-corrected chi connectivity index (χ2v) is 5.20. The van der Waals surface area contributed by atoms with Gasteiger partial charge < -0.3 is 5.32 Å². The van der Waals surface area contributed by atoms with Crippen molar-refractivity contribution in [2.45, 2.75) is 18.8 Å². The van der Waals surface area contributed by atoms with Crippen molar-refractivity contribution in [1.29, 1.82) is 0 Å². The molecule has 1 fully saturated rings. The summed E-state index contributed by atoms with van der Waals surface area (Å²) in [6.45, 7) is 2.33. The molecule has 0 saturated carbocycles. The van der Waals surface area contributed by atoms with E-state index in [1.807, 2.05) is 23.7 Å². The Morgan fingerprint density at radius 2 is 2.12 bits per heavy atom. The minimum absolute atomic E-state index is 0. The van der Waals surface area contributed by atoms with Crippen LogP contribution in [-0.4, -0.2) is 18.1 Å². The van der Waals surface area contributed by atoms with Crippen LogP contribution in [0.4, 0.5) is 0 Å². The van der Waals surface area contributed by atoms with Crippen molar-refractivity contribution in [3.63, 3.8) is 0 Å². The van der Waals surface area contributed by atoms with E-state index in [1.165, 1.54) is 22.9 Å². The minimum atomic E-state index is 0. The summed E-state index contributed by atoms with van der Waals surface area (Å²) in [5.41, 5.74) is 0. The van der Waals surface area contributed by atoms with E-state index in [2.05, 4.69) is 22.4 Å². The van der Waals surface area contributed by atoms with Crippen molar-refractivity contribution in [3.05, 3.63) is 29.4 Å². The van der Waals surface area contributed by atoms with Crippen LogP contribution in [-0.2, 0) is 0 Å². The van der Waals surface area contributed by atoms with E-state index in [9.17, 15) is 0 Å². The van der Waals surface area contributed by atoms with Gasteiger partial charge in [-0.3, -0.25) is 4.98 Å². The van der Waals surface area contributed by atoms with Gasteiger partial charge in [-0.25, -0.2) is 0 Å². The zero-order valence-corrected chi connectivity index (χ0v) is 10.6. The fraction of sp³-hybridized carbons (Fsp3) is 0.417. The summed E-state index contributed by atoms with van der Waals surface area (Å²) in [6, 6.07) is 4.44. The number of thiophene rings is 1. The molecule has 4 heteroatoms. The molecule has 86 valence electrons. The highest BCUT2D eigenvalue weighted by atomic mass is 35.5. The molecule has 2 aromatic rings. The Balaban J connectivity index is 0.000000963. The van der Waals surface area contributed by atoms with Gasteiger partial charge >= 0.3 is 0 Å². The van der Waals surface area contributed by atoms with Gasteiger partial charge in [0.15, 0.2) is 0 Å². The summed E-state index contributed by atoms with van der Waals surface area (Å²) in [6.07, 6.45) is 6.40. The van der Waals surface area contributed by atoms with Crippen molar-refractivity contribution < 1.29 is 0 Å². The molecule has 0 spiro atoms. The average Bonchev–Trinajstić information content (AvgIpc) is 2.74. The second-order valence-electron chi connectivity index (χ2n) is 4.09. The predicted molar refractivity (Wildman–Crippen MR) is 71.7 cm³/mol. The van der Waals surface area contributed by atoms with E-state index >= 15 is 0 Å². The highest BCUT2D eigenvalue weighted by Crippen LogP contribution is 2.34. The summed E-state index contributed by atoms with van der Waals surface area (Å²) in [5.74, 6) is 0.767. The topological polar surface area (TPSA) is 24.9 Å². The maximum absolute atomic E-state index is 4.17. The lowest BCUT2D eigenvalue weighted by Crippen LogP contribution is -2.26. The molecule has 3 heterocycles. The molecule has 3 rings (SSSR count). The van der Waals surface area contributed by atoms with Crippen molar-refractivity contribution >= 4 is 33.8 Å². The first kappa shape index (κ1) is 11.8. The molecule has 0 bridgehead atoms. The Bertz CT molecular complexity index is 430. The minimum Gasteiger partial charge on any atom is -0.317 e. The average molecular weight is 255 g/mol. The van der Waals surface area contributed by atoms with E-state index in [-0.39, 0.29) is 12.4 Å². The molecule has 0 aromatic carbocycles. The molecule has 1 aliphatic heterocycles. The monoisotopic (exact) mass is 254 g/mol. The van der Waals surface area contributed by atoms with Gasteiger partial charge in [-0.05, 0) is 44.0 Å². The van der Waals surface area contributed by atoms with Gasteiger partial charge in [0.25, 0.3) is 0 Å². The van der Waals surface area contributed by atoms with Crippen LogP contribution in [0, 0.1) is 0 Å². The number of halogens is 1. The van der Waals surface area contributed by atoms with Crippen LogP contribution in [0.25, 0.3) is 10.1 Å². The third-order valence-electron chi connectivity index (χ3n) is 3.08. The van der Waals surface area contributed by atoms with Crippen LogP contribution >= 0.6 is 23.7 Å². The van der Waals surface area contributed by atoms with Gasteiger partial charge in [-0.2, -0.15) is 0 Å². The number of aromatic nitrogens is 1. The van der Waals surface area contributed by atoms with Crippen LogP contribution in [0.15, 0.2) is 24.5 Å². The Morgan fingerprint density at radius 3 is 2.88 bits per heavy atom. The largest absolute Gasteiger partial charge is 0.317 e. The first-order valence-corrected chi connectivity index (χ1v) is 6.29. The van der Waals surface area contributed by atoms with Crippen LogP contribution in [0.2, 0.25) is 0 Å². The number of hydrogen-bond donors (Lipinski definition) is 1. The van der Waals surface area contributed by atoms with Crippen molar-refractivity contribution in [2.75, 3.05) is 13.1 Å². The summed E-state index contributed by atoms with van der Waals surface area (Å²) in [4.78, 5) is 5.71. The Hall–Kier alpha value is -0.640. The van der Waals surface area contributed by atoms with Crippen LogP contribution in [0.5, 0.6) is 0 Å². The number of rotatable bonds is 1. The van der Waals surface area contributed by atoms with E-state index in [0.29, 0.717) is 0 Å². The van der Waals surface area contributed by atoms with Gasteiger partial charge in [0.2, 0.25) is 0 Å². The molecular weight excluding hydrogens is 240 g/mol. The molecule has 0 aliphatic carbocycles. The lowest BCUT2D eigenvalue weighted by atomic mass is 9.96. The fourth-order valence-electron chi connectivity index (χ4n) is 2.21. The Morgan fingerprint density at radius 1 is 1.31 bits per heavy atom. The number of nitrogens with one attached hydrogen (secondary N) is 1. The molecule has 1 saturated heterocycles. The first-order valence-electron chi connectivity index (χ1n) is 5.47. The third-order valence-corrected chi connectivity index (χ3v) is 4.36. The molecular formula is C12H15ClN2S. The highest BCUT2D eigenvalue weighted by Gasteiger charge is 2.17. The van der Waals surface area contributed by atoms with E-state index in [1.54, 1.807) is 4.88 Å². The molecule has 0 atom stereocenters. The number of fused-ring (bicyclic) bond motifs is 1. The SMILES string of the molecule is Cl.c1cc2sc(C3CCNCC3)cc2cn1. The second kappa shape index (κ2) is 5.13. The number of piperidine rings is 1. The fourth-order valence-corrected chi connectivity index (χ4v) is 3.41. The summed E-state index contributed by atoms with van der Waals surface area (Å²) in [5, 5.41) is 4.71. The highest BCUT2D eigenvalue weighted by molar-refractivity contribution is 7.19. The standard InChI is InChI=1S/C12H14N2S.ClH/c1-4-13-5-2-9(1)12-7-10-8-14-6-3-11(10)15-12;/h3,6-9,13H,1-2,4-5H2;1H. The van der Waals surface area contributed by atoms with Crippen LogP contribution in [0.3, 0.4) is 0 Å². The zero-order valence-electron chi connectivity index (χ0n) is 8.98. The Kier molecular flexibility index (Phi) is 3.79. The normalized spacial score (nSPS) is 17.2. The van der Waals surface area contributed by atoms with Gasteiger partial charge in [0.1, 0.15) is 0 Å². The van der Waals surface area contributed by atoms with Gasteiger partial charge in [0, 0.05) is 27.4 Å². The van der Waals surface area contributed by atoms with Crippen molar-refractivity contribution in [1.82, 2.24) is 10.3 Å². The number of pyridine rings is 1. The first-order chi connectivity index (χ1) is 7.43. The summed E-state index contributed by atoms with van der Waals surface area (Å²) in [7, 11) is 0. The van der Waals surface area contributed by atoms with Crippen molar-refractivity contribution in [2.24, 2.45) is 0 Å². The van der Waals surface area contributed by atoms with Gasteiger partial charge in [0.05, 0.1) is 0 Å². The quantitative estimate of drug-likeness (QED) is 0.846. The van der Waals surface area contributed by atoms with E-state index < -0.39 is 0 Å². The van der Waals surface area contributed by atoms with Gasteiger partial charge in [-0.15, -0.1) is 23.7 Å². The van der Waals surface area contributed by atoms with Crippen LogP contribution < -0.4 is 5.32 Å². The molecule has 0 amide bonds. The summed E-state index contributed by atoms with van der Waals surface area (Å²) < 4.78 is 1.37. The third kappa shape index (κ3) is 2.21.